The SMILES string of the molecule is Cc1cc(C)c(C)c(S(=O)(=O)Nc2ccc(N3CCCCC3)cc2)c1C. The number of benzene rings is 2. The number of rotatable bonds is 4. The van der Waals surface area contributed by atoms with Crippen molar-refractivity contribution < 1.29 is 8.42 Å². The second kappa shape index (κ2) is 7.31. The van der Waals surface area contributed by atoms with Crippen LogP contribution in [0.5, 0.6) is 0 Å². The monoisotopic (exact) mass is 372 g/mol. The first kappa shape index (κ1) is 18.8. The molecule has 0 aliphatic carbocycles. The highest BCUT2D eigenvalue weighted by molar-refractivity contribution is 7.92. The smallest absolute Gasteiger partial charge is 0.262 e. The largest absolute Gasteiger partial charge is 0.372 e. The molecule has 26 heavy (non-hydrogen) atoms. The van der Waals surface area contributed by atoms with Crippen molar-refractivity contribution in [2.45, 2.75) is 51.9 Å². The number of hydrogen-bond acceptors (Lipinski definition) is 3. The van der Waals surface area contributed by atoms with Gasteiger partial charge in [0.2, 0.25) is 0 Å². The van der Waals surface area contributed by atoms with Gasteiger partial charge in [-0.2, -0.15) is 0 Å². The summed E-state index contributed by atoms with van der Waals surface area (Å²) < 4.78 is 28.8. The zero-order chi connectivity index (χ0) is 18.9. The summed E-state index contributed by atoms with van der Waals surface area (Å²) in [5.74, 6) is 0. The predicted octanol–water partition coefficient (Wildman–Crippen LogP) is 4.71. The molecule has 2 aromatic rings. The highest BCUT2D eigenvalue weighted by atomic mass is 32.2. The van der Waals surface area contributed by atoms with Crippen LogP contribution in [0.3, 0.4) is 0 Å². The van der Waals surface area contributed by atoms with Gasteiger partial charge in [-0.25, -0.2) is 8.42 Å². The van der Waals surface area contributed by atoms with Crippen LogP contribution >= 0.6 is 0 Å². The number of aryl methyl sites for hydroxylation is 2. The van der Waals surface area contributed by atoms with Crippen molar-refractivity contribution in [2.24, 2.45) is 0 Å². The van der Waals surface area contributed by atoms with Gasteiger partial charge in [-0.3, -0.25) is 4.72 Å². The topological polar surface area (TPSA) is 49.4 Å². The van der Waals surface area contributed by atoms with Gasteiger partial charge in [0.25, 0.3) is 10.0 Å². The van der Waals surface area contributed by atoms with E-state index in [4.69, 9.17) is 0 Å². The molecule has 0 saturated carbocycles. The zero-order valence-electron chi connectivity index (χ0n) is 16.1. The Bertz CT molecular complexity index is 870. The Labute approximate surface area is 157 Å². The first-order valence-electron chi connectivity index (χ1n) is 9.25. The lowest BCUT2D eigenvalue weighted by molar-refractivity contribution is 0.578. The molecule has 0 aromatic heterocycles. The Kier molecular flexibility index (Phi) is 5.28. The van der Waals surface area contributed by atoms with Crippen LogP contribution in [0.15, 0.2) is 35.2 Å². The van der Waals surface area contributed by atoms with Gasteiger partial charge < -0.3 is 4.90 Å². The maximum atomic E-state index is 13.0. The zero-order valence-corrected chi connectivity index (χ0v) is 16.9. The minimum atomic E-state index is -3.62. The van der Waals surface area contributed by atoms with Crippen molar-refractivity contribution in [3.05, 3.63) is 52.6 Å². The van der Waals surface area contributed by atoms with Gasteiger partial charge in [-0.15, -0.1) is 0 Å². The van der Waals surface area contributed by atoms with E-state index >= 15 is 0 Å². The van der Waals surface area contributed by atoms with Crippen LogP contribution in [0, 0.1) is 27.7 Å². The molecule has 0 spiro atoms. The Balaban J connectivity index is 1.86. The Hall–Kier alpha value is -2.01. The van der Waals surface area contributed by atoms with Crippen LogP contribution in [-0.4, -0.2) is 21.5 Å². The van der Waals surface area contributed by atoms with Gasteiger partial charge in [0.15, 0.2) is 0 Å². The average Bonchev–Trinajstić information content (AvgIpc) is 2.61. The number of hydrogen-bond donors (Lipinski definition) is 1. The summed E-state index contributed by atoms with van der Waals surface area (Å²) in [6.45, 7) is 9.80. The van der Waals surface area contributed by atoms with Gasteiger partial charge >= 0.3 is 0 Å². The van der Waals surface area contributed by atoms with Gasteiger partial charge in [0.05, 0.1) is 4.90 Å². The molecule has 0 atom stereocenters. The fourth-order valence-corrected chi connectivity index (χ4v) is 5.36. The third-order valence-corrected chi connectivity index (χ3v) is 7.06. The summed E-state index contributed by atoms with van der Waals surface area (Å²) in [4.78, 5) is 2.76. The van der Waals surface area contributed by atoms with E-state index in [9.17, 15) is 8.42 Å². The second-order valence-electron chi connectivity index (χ2n) is 7.29. The lowest BCUT2D eigenvalue weighted by Crippen LogP contribution is -2.29. The lowest BCUT2D eigenvalue weighted by atomic mass is 10.0. The average molecular weight is 373 g/mol. The molecule has 1 fully saturated rings. The van der Waals surface area contributed by atoms with Crippen LogP contribution in [0.25, 0.3) is 0 Å². The van der Waals surface area contributed by atoms with E-state index < -0.39 is 10.0 Å². The molecule has 1 saturated heterocycles. The fraction of sp³-hybridized carbons (Fsp3) is 0.429. The summed E-state index contributed by atoms with van der Waals surface area (Å²) in [5.41, 5.74) is 5.37. The van der Waals surface area contributed by atoms with E-state index in [0.717, 1.165) is 41.0 Å². The molecule has 0 bridgehead atoms. The standard InChI is InChI=1S/C21H28N2O2S/c1-15-14-16(2)18(4)21(17(15)3)26(24,25)22-19-8-10-20(11-9-19)23-12-6-5-7-13-23/h8-11,14,22H,5-7,12-13H2,1-4H3. The van der Waals surface area contributed by atoms with E-state index in [2.05, 4.69) is 9.62 Å². The van der Waals surface area contributed by atoms with Gasteiger partial charge in [0, 0.05) is 24.5 Å². The lowest BCUT2D eigenvalue weighted by Gasteiger charge is -2.28. The first-order chi connectivity index (χ1) is 12.3. The summed E-state index contributed by atoms with van der Waals surface area (Å²) in [7, 11) is -3.62. The predicted molar refractivity (Wildman–Crippen MR) is 109 cm³/mol. The molecule has 0 amide bonds. The van der Waals surface area contributed by atoms with Gasteiger partial charge in [-0.05, 0) is 93.5 Å². The normalized spacial score (nSPS) is 15.2. The van der Waals surface area contributed by atoms with Crippen LogP contribution in [-0.2, 0) is 10.0 Å². The third-order valence-electron chi connectivity index (χ3n) is 5.41. The number of piperidine rings is 1. The van der Waals surface area contributed by atoms with E-state index in [0.29, 0.717) is 10.6 Å². The molecule has 1 heterocycles. The van der Waals surface area contributed by atoms with E-state index in [-0.39, 0.29) is 0 Å². The first-order valence-corrected chi connectivity index (χ1v) is 10.7. The molecule has 3 rings (SSSR count). The van der Waals surface area contributed by atoms with Crippen LogP contribution in [0.2, 0.25) is 0 Å². The summed E-state index contributed by atoms with van der Waals surface area (Å²) >= 11 is 0. The van der Waals surface area contributed by atoms with Crippen molar-refractivity contribution in [3.63, 3.8) is 0 Å². The maximum absolute atomic E-state index is 13.0. The molecular formula is C21H28N2O2S. The molecule has 5 heteroatoms. The Morgan fingerprint density at radius 3 is 1.92 bits per heavy atom. The Morgan fingerprint density at radius 1 is 0.846 bits per heavy atom. The molecule has 0 unspecified atom stereocenters. The maximum Gasteiger partial charge on any atom is 0.262 e. The summed E-state index contributed by atoms with van der Waals surface area (Å²) in [5, 5.41) is 0. The van der Waals surface area contributed by atoms with Crippen LogP contribution in [0.4, 0.5) is 11.4 Å². The van der Waals surface area contributed by atoms with Crippen molar-refractivity contribution in [3.8, 4) is 0 Å². The minimum Gasteiger partial charge on any atom is -0.372 e. The minimum absolute atomic E-state index is 0.398. The second-order valence-corrected chi connectivity index (χ2v) is 8.91. The van der Waals surface area contributed by atoms with Crippen molar-refractivity contribution in [1.29, 1.82) is 0 Å². The van der Waals surface area contributed by atoms with Gasteiger partial charge in [0.1, 0.15) is 0 Å². The van der Waals surface area contributed by atoms with E-state index in [1.165, 1.54) is 19.3 Å². The van der Waals surface area contributed by atoms with Crippen LogP contribution < -0.4 is 9.62 Å². The summed E-state index contributed by atoms with van der Waals surface area (Å²) in [6, 6.07) is 9.76. The van der Waals surface area contributed by atoms with Gasteiger partial charge in [-0.1, -0.05) is 6.07 Å². The summed E-state index contributed by atoms with van der Waals surface area (Å²) in [6.07, 6.45) is 3.74. The highest BCUT2D eigenvalue weighted by Gasteiger charge is 2.22. The molecular weight excluding hydrogens is 344 g/mol. The number of nitrogens with zero attached hydrogens (tertiary/aromatic N) is 1. The quantitative estimate of drug-likeness (QED) is 0.845. The Morgan fingerprint density at radius 2 is 1.38 bits per heavy atom. The molecule has 2 aromatic carbocycles. The number of sulfonamides is 1. The third kappa shape index (κ3) is 3.73. The van der Waals surface area contributed by atoms with E-state index in [1.807, 2.05) is 58.0 Å². The van der Waals surface area contributed by atoms with Crippen molar-refractivity contribution in [2.75, 3.05) is 22.7 Å². The number of anilines is 2. The fourth-order valence-electron chi connectivity index (χ4n) is 3.68. The molecule has 140 valence electrons. The highest BCUT2D eigenvalue weighted by Crippen LogP contribution is 2.29. The molecule has 1 aliphatic rings. The number of nitrogens with one attached hydrogen (secondary N) is 1. The van der Waals surface area contributed by atoms with Crippen molar-refractivity contribution >= 4 is 21.4 Å². The molecule has 1 aliphatic heterocycles. The molecule has 0 radical (unpaired) electrons. The molecule has 4 nitrogen and oxygen atoms in total. The molecule has 1 N–H and O–H groups in total. The van der Waals surface area contributed by atoms with Crippen molar-refractivity contribution in [1.82, 2.24) is 0 Å². The van der Waals surface area contributed by atoms with E-state index in [1.54, 1.807) is 0 Å². The van der Waals surface area contributed by atoms with Crippen LogP contribution in [0.1, 0.15) is 41.5 Å².